The van der Waals surface area contributed by atoms with E-state index in [-0.39, 0.29) is 6.61 Å². The summed E-state index contributed by atoms with van der Waals surface area (Å²) < 4.78 is 0. The van der Waals surface area contributed by atoms with Gasteiger partial charge in [-0.1, -0.05) is 24.3 Å². The Balaban J connectivity index is 1.67. The van der Waals surface area contributed by atoms with Crippen LogP contribution in [0.5, 0.6) is 0 Å². The summed E-state index contributed by atoms with van der Waals surface area (Å²) in [5, 5.41) is 24.5. The predicted molar refractivity (Wildman–Crippen MR) is 117 cm³/mol. The molecule has 0 radical (unpaired) electrons. The number of nitrogens with zero attached hydrogens (tertiary/aromatic N) is 2. The highest BCUT2D eigenvalue weighted by atomic mass is 32.1. The molecule has 0 atom stereocenters. The van der Waals surface area contributed by atoms with Gasteiger partial charge < -0.3 is 15.4 Å². The summed E-state index contributed by atoms with van der Waals surface area (Å²) in [6, 6.07) is 20.2. The lowest BCUT2D eigenvalue weighted by Crippen LogP contribution is -1.95. The van der Waals surface area contributed by atoms with Crippen LogP contribution in [0.4, 0.5) is 11.4 Å². The van der Waals surface area contributed by atoms with E-state index in [1.165, 1.54) is 0 Å². The van der Waals surface area contributed by atoms with Gasteiger partial charge in [0.2, 0.25) is 0 Å². The zero-order valence-corrected chi connectivity index (χ0v) is 16.1. The lowest BCUT2D eigenvalue weighted by atomic mass is 10.1. The minimum Gasteiger partial charge on any atom is -0.392 e. The molecular weight excluding hydrogens is 380 g/mol. The summed E-state index contributed by atoms with van der Waals surface area (Å²) in [6.45, 7) is 0.00302. The Morgan fingerprint density at radius 2 is 2.00 bits per heavy atom. The van der Waals surface area contributed by atoms with Crippen LogP contribution >= 0.6 is 11.3 Å². The minimum absolute atomic E-state index is 0.00302. The Hall–Kier alpha value is -3.66. The monoisotopic (exact) mass is 396 g/mol. The average molecular weight is 396 g/mol. The molecule has 0 aliphatic heterocycles. The van der Waals surface area contributed by atoms with Crippen LogP contribution in [0.25, 0.3) is 31.6 Å². The number of benzene rings is 2. The van der Waals surface area contributed by atoms with E-state index in [4.69, 9.17) is 0 Å². The van der Waals surface area contributed by atoms with Crippen molar-refractivity contribution in [1.82, 2.24) is 9.97 Å². The standard InChI is InChI=1S/C23H16N4OS/c24-11-16-12-26-23-18(10-21(29-23)15-4-1-3-14(9-15)13-28)22(16)27-20-6-2-5-19-17(20)7-8-25-19/h1-10,12,25,28H,13H2,(H,26,27). The highest BCUT2D eigenvalue weighted by molar-refractivity contribution is 7.22. The van der Waals surface area contributed by atoms with Crippen molar-refractivity contribution in [3.8, 4) is 16.5 Å². The van der Waals surface area contributed by atoms with E-state index in [0.717, 1.165) is 48.5 Å². The van der Waals surface area contributed by atoms with Gasteiger partial charge in [-0.2, -0.15) is 5.26 Å². The van der Waals surface area contributed by atoms with E-state index in [1.54, 1.807) is 17.5 Å². The predicted octanol–water partition coefficient (Wildman–Crippen LogP) is 5.55. The third kappa shape index (κ3) is 3.03. The van der Waals surface area contributed by atoms with Gasteiger partial charge in [-0.25, -0.2) is 4.98 Å². The first-order chi connectivity index (χ1) is 14.3. The summed E-state index contributed by atoms with van der Waals surface area (Å²) in [5.74, 6) is 0. The molecule has 0 unspecified atom stereocenters. The highest BCUT2D eigenvalue weighted by Crippen LogP contribution is 2.39. The van der Waals surface area contributed by atoms with Crippen molar-refractivity contribution >= 4 is 43.8 Å². The SMILES string of the molecule is N#Cc1cnc2sc(-c3cccc(CO)c3)cc2c1Nc1cccc2[nH]ccc12. The number of anilines is 2. The molecule has 0 aliphatic rings. The Bertz CT molecular complexity index is 1390. The quantitative estimate of drug-likeness (QED) is 0.372. The molecule has 5 aromatic rings. The summed E-state index contributed by atoms with van der Waals surface area (Å²) >= 11 is 1.57. The first-order valence-electron chi connectivity index (χ1n) is 9.13. The maximum atomic E-state index is 9.66. The fourth-order valence-electron chi connectivity index (χ4n) is 3.50. The van der Waals surface area contributed by atoms with Crippen molar-refractivity contribution in [2.24, 2.45) is 0 Å². The second-order valence-corrected chi connectivity index (χ2v) is 7.75. The Kier molecular flexibility index (Phi) is 4.24. The fraction of sp³-hybridized carbons (Fsp3) is 0.0435. The number of rotatable bonds is 4. The van der Waals surface area contributed by atoms with Crippen LogP contribution in [0.15, 0.2) is 67.0 Å². The van der Waals surface area contributed by atoms with Crippen molar-refractivity contribution < 1.29 is 5.11 Å². The molecule has 0 aliphatic carbocycles. The molecule has 6 heteroatoms. The second-order valence-electron chi connectivity index (χ2n) is 6.72. The summed E-state index contributed by atoms with van der Waals surface area (Å²) in [6.07, 6.45) is 3.52. The number of nitriles is 1. The molecule has 0 amide bonds. The normalized spacial score (nSPS) is 11.0. The third-order valence-corrected chi connectivity index (χ3v) is 6.02. The number of aliphatic hydroxyl groups is 1. The van der Waals surface area contributed by atoms with Gasteiger partial charge in [-0.05, 0) is 41.5 Å². The van der Waals surface area contributed by atoms with Crippen LogP contribution < -0.4 is 5.32 Å². The smallest absolute Gasteiger partial charge is 0.126 e. The fourth-order valence-corrected chi connectivity index (χ4v) is 4.51. The van der Waals surface area contributed by atoms with E-state index < -0.39 is 0 Å². The number of nitrogens with one attached hydrogen (secondary N) is 2. The molecule has 0 spiro atoms. The van der Waals surface area contributed by atoms with Gasteiger partial charge in [0.05, 0.1) is 17.9 Å². The van der Waals surface area contributed by atoms with E-state index in [0.29, 0.717) is 5.56 Å². The van der Waals surface area contributed by atoms with Crippen LogP contribution in [0, 0.1) is 11.3 Å². The molecule has 29 heavy (non-hydrogen) atoms. The van der Waals surface area contributed by atoms with Crippen molar-refractivity contribution in [1.29, 1.82) is 5.26 Å². The maximum absolute atomic E-state index is 9.66. The molecule has 0 saturated carbocycles. The van der Waals surface area contributed by atoms with Crippen molar-refractivity contribution in [2.45, 2.75) is 6.61 Å². The van der Waals surface area contributed by atoms with Gasteiger partial charge in [0.25, 0.3) is 0 Å². The molecular formula is C23H16N4OS. The lowest BCUT2D eigenvalue weighted by molar-refractivity contribution is 0.282. The van der Waals surface area contributed by atoms with Gasteiger partial charge in [-0.15, -0.1) is 11.3 Å². The minimum atomic E-state index is 0.00302. The lowest BCUT2D eigenvalue weighted by Gasteiger charge is -2.10. The van der Waals surface area contributed by atoms with Crippen molar-refractivity contribution in [2.75, 3.05) is 5.32 Å². The van der Waals surface area contributed by atoms with Gasteiger partial charge in [0.15, 0.2) is 0 Å². The first kappa shape index (κ1) is 17.4. The largest absolute Gasteiger partial charge is 0.392 e. The molecule has 2 aromatic carbocycles. The van der Waals surface area contributed by atoms with Crippen LogP contribution in [-0.2, 0) is 6.61 Å². The number of H-pyrrole nitrogens is 1. The molecule has 5 rings (SSSR count). The number of hydrogen-bond acceptors (Lipinski definition) is 5. The number of pyridine rings is 1. The third-order valence-electron chi connectivity index (χ3n) is 4.93. The Labute approximate surface area is 170 Å². The van der Waals surface area contributed by atoms with Crippen molar-refractivity contribution in [3.63, 3.8) is 0 Å². The van der Waals surface area contributed by atoms with Crippen LogP contribution in [0.3, 0.4) is 0 Å². The highest BCUT2D eigenvalue weighted by Gasteiger charge is 2.15. The number of hydrogen-bond donors (Lipinski definition) is 3. The number of aliphatic hydroxyl groups excluding tert-OH is 1. The van der Waals surface area contributed by atoms with Crippen molar-refractivity contribution in [3.05, 3.63) is 78.1 Å². The van der Waals surface area contributed by atoms with Gasteiger partial charge in [0.1, 0.15) is 10.9 Å². The zero-order valence-electron chi connectivity index (χ0n) is 15.3. The second kappa shape index (κ2) is 7.06. The van der Waals surface area contributed by atoms with Crippen LogP contribution in [-0.4, -0.2) is 15.1 Å². The van der Waals surface area contributed by atoms with E-state index >= 15 is 0 Å². The molecule has 3 heterocycles. The first-order valence-corrected chi connectivity index (χ1v) is 9.94. The van der Waals surface area contributed by atoms with E-state index in [9.17, 15) is 10.4 Å². The molecule has 5 nitrogen and oxygen atoms in total. The average Bonchev–Trinajstić information content (AvgIpc) is 3.41. The molecule has 0 saturated heterocycles. The molecule has 3 aromatic heterocycles. The number of aromatic amines is 1. The van der Waals surface area contributed by atoms with E-state index in [2.05, 4.69) is 27.4 Å². The number of aromatic nitrogens is 2. The van der Waals surface area contributed by atoms with E-state index in [1.807, 2.05) is 54.7 Å². The van der Waals surface area contributed by atoms with Gasteiger partial charge in [0, 0.05) is 39.2 Å². The Morgan fingerprint density at radius 1 is 1.10 bits per heavy atom. The topological polar surface area (TPSA) is 84.7 Å². The molecule has 0 bridgehead atoms. The maximum Gasteiger partial charge on any atom is 0.126 e. The zero-order chi connectivity index (χ0) is 19.8. The Morgan fingerprint density at radius 3 is 2.86 bits per heavy atom. The molecule has 140 valence electrons. The number of fused-ring (bicyclic) bond motifs is 2. The van der Waals surface area contributed by atoms with Gasteiger partial charge in [-0.3, -0.25) is 0 Å². The van der Waals surface area contributed by atoms with Gasteiger partial charge >= 0.3 is 0 Å². The van der Waals surface area contributed by atoms with Crippen LogP contribution in [0.1, 0.15) is 11.1 Å². The number of thiophene rings is 1. The molecule has 0 fully saturated rings. The summed E-state index contributed by atoms with van der Waals surface area (Å²) in [4.78, 5) is 9.61. The molecule has 3 N–H and O–H groups in total. The summed E-state index contributed by atoms with van der Waals surface area (Å²) in [7, 11) is 0. The van der Waals surface area contributed by atoms with Crippen LogP contribution in [0.2, 0.25) is 0 Å². The summed E-state index contributed by atoms with van der Waals surface area (Å²) in [5.41, 5.74) is 5.11.